The fourth-order valence-electron chi connectivity index (χ4n) is 2.87. The summed E-state index contributed by atoms with van der Waals surface area (Å²) >= 11 is 0. The van der Waals surface area contributed by atoms with E-state index < -0.39 is 11.7 Å². The molecule has 2 aromatic rings. The Labute approximate surface area is 192 Å². The van der Waals surface area contributed by atoms with E-state index >= 15 is 0 Å². The van der Waals surface area contributed by atoms with Crippen molar-refractivity contribution in [3.63, 3.8) is 0 Å². The maximum atomic E-state index is 12.7. The van der Waals surface area contributed by atoms with Crippen molar-refractivity contribution in [2.75, 3.05) is 20.3 Å². The summed E-state index contributed by atoms with van der Waals surface area (Å²) in [5.41, 5.74) is 3.12. The van der Waals surface area contributed by atoms with E-state index in [1.165, 1.54) is 12.1 Å². The van der Waals surface area contributed by atoms with Crippen molar-refractivity contribution in [1.82, 2.24) is 20.4 Å². The summed E-state index contributed by atoms with van der Waals surface area (Å²) in [6.07, 6.45) is -4.33. The molecule has 2 rings (SSSR count). The molecule has 6 nitrogen and oxygen atoms in total. The molecule has 30 heavy (non-hydrogen) atoms. The van der Waals surface area contributed by atoms with Gasteiger partial charge in [0.2, 0.25) is 0 Å². The Kier molecular flexibility index (Phi) is 10.6. The summed E-state index contributed by atoms with van der Waals surface area (Å²) in [4.78, 5) is 4.47. The van der Waals surface area contributed by atoms with E-state index in [-0.39, 0.29) is 30.5 Å². The van der Waals surface area contributed by atoms with Crippen LogP contribution in [0.1, 0.15) is 35.0 Å². The molecule has 0 aliphatic heterocycles. The molecule has 0 atom stereocenters. The number of hydrogen-bond donors (Lipinski definition) is 2. The fraction of sp³-hybridized carbons (Fsp3) is 0.500. The van der Waals surface area contributed by atoms with Gasteiger partial charge in [-0.05, 0) is 38.5 Å². The Morgan fingerprint density at radius 1 is 1.17 bits per heavy atom. The predicted octanol–water partition coefficient (Wildman–Crippen LogP) is 4.04. The number of guanidine groups is 1. The maximum absolute atomic E-state index is 12.7. The van der Waals surface area contributed by atoms with Crippen LogP contribution in [-0.2, 0) is 30.5 Å². The standard InChI is InChI=1S/C20H28F3N5O.HI/c1-5-24-19(25-12-16-6-8-17(9-7-16)20(21,22)23)26-13-18-14(2)27-28(15(18)3)10-11-29-4;/h6-9H,5,10-13H2,1-4H3,(H2,24,25,26);1H. The zero-order chi connectivity index (χ0) is 21.4. The second-order valence-corrected chi connectivity index (χ2v) is 6.61. The summed E-state index contributed by atoms with van der Waals surface area (Å²) in [5, 5.41) is 11.0. The summed E-state index contributed by atoms with van der Waals surface area (Å²) in [5.74, 6) is 0.593. The molecule has 1 heterocycles. The molecule has 0 saturated carbocycles. The molecule has 0 spiro atoms. The molecule has 1 aromatic carbocycles. The number of aromatic nitrogens is 2. The van der Waals surface area contributed by atoms with Crippen LogP contribution in [0.2, 0.25) is 0 Å². The number of aryl methyl sites for hydroxylation is 1. The van der Waals surface area contributed by atoms with Crippen LogP contribution < -0.4 is 10.6 Å². The lowest BCUT2D eigenvalue weighted by atomic mass is 10.1. The third-order valence-electron chi connectivity index (χ3n) is 4.52. The number of aliphatic imine (C=N–C) groups is 1. The van der Waals surface area contributed by atoms with Gasteiger partial charge in [-0.25, -0.2) is 4.99 Å². The van der Waals surface area contributed by atoms with Gasteiger partial charge in [-0.3, -0.25) is 4.68 Å². The highest BCUT2D eigenvalue weighted by atomic mass is 127. The Morgan fingerprint density at radius 2 is 1.83 bits per heavy atom. The van der Waals surface area contributed by atoms with Crippen LogP contribution in [0.3, 0.4) is 0 Å². The van der Waals surface area contributed by atoms with Crippen molar-refractivity contribution in [2.24, 2.45) is 4.99 Å². The Bertz CT molecular complexity index is 819. The van der Waals surface area contributed by atoms with Crippen LogP contribution in [0.5, 0.6) is 0 Å². The number of rotatable bonds is 8. The number of benzene rings is 1. The normalized spacial score (nSPS) is 11.9. The molecule has 10 heteroatoms. The maximum Gasteiger partial charge on any atom is 0.416 e. The largest absolute Gasteiger partial charge is 0.416 e. The van der Waals surface area contributed by atoms with Gasteiger partial charge in [0.25, 0.3) is 0 Å². The molecule has 168 valence electrons. The minimum absolute atomic E-state index is 0. The summed E-state index contributed by atoms with van der Waals surface area (Å²) in [6.45, 7) is 8.69. The van der Waals surface area contributed by atoms with E-state index in [4.69, 9.17) is 4.74 Å². The molecular formula is C20H29F3IN5O. The predicted molar refractivity (Wildman–Crippen MR) is 122 cm³/mol. The second kappa shape index (κ2) is 12.1. The van der Waals surface area contributed by atoms with Gasteiger partial charge in [-0.1, -0.05) is 12.1 Å². The van der Waals surface area contributed by atoms with Gasteiger partial charge >= 0.3 is 6.18 Å². The lowest BCUT2D eigenvalue weighted by Gasteiger charge is -2.12. The van der Waals surface area contributed by atoms with Crippen molar-refractivity contribution in [1.29, 1.82) is 0 Å². The molecule has 0 aliphatic rings. The first-order valence-corrected chi connectivity index (χ1v) is 9.46. The van der Waals surface area contributed by atoms with Crippen LogP contribution in [-0.4, -0.2) is 36.0 Å². The zero-order valence-electron chi connectivity index (χ0n) is 17.6. The Hall–Kier alpha value is -1.82. The minimum Gasteiger partial charge on any atom is -0.383 e. The zero-order valence-corrected chi connectivity index (χ0v) is 20.0. The Morgan fingerprint density at radius 3 is 2.40 bits per heavy atom. The summed E-state index contributed by atoms with van der Waals surface area (Å²) in [7, 11) is 1.66. The smallest absolute Gasteiger partial charge is 0.383 e. The van der Waals surface area contributed by atoms with Crippen LogP contribution in [0.15, 0.2) is 29.3 Å². The van der Waals surface area contributed by atoms with Gasteiger partial charge in [0.15, 0.2) is 5.96 Å². The van der Waals surface area contributed by atoms with E-state index in [1.54, 1.807) is 7.11 Å². The van der Waals surface area contributed by atoms with Crippen molar-refractivity contribution in [3.05, 3.63) is 52.3 Å². The topological polar surface area (TPSA) is 63.5 Å². The number of nitrogens with zero attached hydrogens (tertiary/aromatic N) is 3. The quantitative estimate of drug-likeness (QED) is 0.302. The molecule has 0 aliphatic carbocycles. The van der Waals surface area contributed by atoms with E-state index in [9.17, 15) is 13.2 Å². The first-order chi connectivity index (χ1) is 13.8. The van der Waals surface area contributed by atoms with Crippen LogP contribution in [0.4, 0.5) is 13.2 Å². The van der Waals surface area contributed by atoms with Crippen molar-refractivity contribution in [3.8, 4) is 0 Å². The first kappa shape index (κ1) is 26.2. The molecule has 0 amide bonds. The van der Waals surface area contributed by atoms with Crippen LogP contribution in [0, 0.1) is 13.8 Å². The molecule has 2 N–H and O–H groups in total. The highest BCUT2D eigenvalue weighted by molar-refractivity contribution is 14.0. The van der Waals surface area contributed by atoms with Gasteiger partial charge in [0, 0.05) is 31.5 Å². The monoisotopic (exact) mass is 539 g/mol. The van der Waals surface area contributed by atoms with Gasteiger partial charge in [0.1, 0.15) is 0 Å². The van der Waals surface area contributed by atoms with Gasteiger partial charge in [0.05, 0.1) is 31.0 Å². The number of methoxy groups -OCH3 is 1. The lowest BCUT2D eigenvalue weighted by molar-refractivity contribution is -0.137. The van der Waals surface area contributed by atoms with Gasteiger partial charge in [-0.15, -0.1) is 24.0 Å². The van der Waals surface area contributed by atoms with Gasteiger partial charge < -0.3 is 15.4 Å². The molecule has 1 aromatic heterocycles. The molecule has 0 fully saturated rings. The van der Waals surface area contributed by atoms with Crippen molar-refractivity contribution < 1.29 is 17.9 Å². The van der Waals surface area contributed by atoms with Crippen LogP contribution in [0.25, 0.3) is 0 Å². The lowest BCUT2D eigenvalue weighted by Crippen LogP contribution is -2.37. The second-order valence-electron chi connectivity index (χ2n) is 6.61. The third-order valence-corrected chi connectivity index (χ3v) is 4.52. The van der Waals surface area contributed by atoms with E-state index in [0.717, 1.165) is 29.1 Å². The Balaban J connectivity index is 0.00000450. The average Bonchev–Trinajstić information content (AvgIpc) is 2.95. The van der Waals surface area contributed by atoms with Gasteiger partial charge in [-0.2, -0.15) is 18.3 Å². The van der Waals surface area contributed by atoms with Crippen molar-refractivity contribution in [2.45, 2.75) is 46.6 Å². The highest BCUT2D eigenvalue weighted by Gasteiger charge is 2.29. The van der Waals surface area contributed by atoms with Crippen molar-refractivity contribution >= 4 is 29.9 Å². The average molecular weight is 539 g/mol. The molecular weight excluding hydrogens is 510 g/mol. The summed E-state index contributed by atoms with van der Waals surface area (Å²) < 4.78 is 45.0. The first-order valence-electron chi connectivity index (χ1n) is 9.46. The van der Waals surface area contributed by atoms with Crippen LogP contribution >= 0.6 is 24.0 Å². The van der Waals surface area contributed by atoms with E-state index in [0.29, 0.717) is 37.8 Å². The molecule has 0 radical (unpaired) electrons. The molecule has 0 saturated heterocycles. The third kappa shape index (κ3) is 7.46. The number of alkyl halides is 3. The van der Waals surface area contributed by atoms with E-state index in [1.807, 2.05) is 25.5 Å². The summed E-state index contributed by atoms with van der Waals surface area (Å²) in [6, 6.07) is 5.05. The minimum atomic E-state index is -4.33. The SMILES string of the molecule is CCNC(=NCc1ccc(C(F)(F)F)cc1)NCc1c(C)nn(CCOC)c1C.I. The fourth-order valence-corrected chi connectivity index (χ4v) is 2.87. The number of hydrogen-bond acceptors (Lipinski definition) is 3. The number of ether oxygens (including phenoxy) is 1. The number of halogens is 4. The molecule has 0 unspecified atom stereocenters. The van der Waals surface area contributed by atoms with E-state index in [2.05, 4.69) is 20.7 Å². The number of nitrogens with one attached hydrogen (secondary N) is 2. The molecule has 0 bridgehead atoms. The highest BCUT2D eigenvalue weighted by Crippen LogP contribution is 2.29.